The van der Waals surface area contributed by atoms with Gasteiger partial charge in [-0.25, -0.2) is 9.97 Å². The van der Waals surface area contributed by atoms with Gasteiger partial charge in [0, 0.05) is 10.9 Å². The minimum Gasteiger partial charge on any atom is -0.369 e. The summed E-state index contributed by atoms with van der Waals surface area (Å²) in [5.74, 6) is -0.156. The molecule has 24 heavy (non-hydrogen) atoms. The smallest absolute Gasteiger partial charge is 0.257 e. The number of carbonyl (C=O) groups excluding carboxylic acids is 1. The van der Waals surface area contributed by atoms with Crippen molar-refractivity contribution in [1.82, 2.24) is 15.3 Å². The molecular weight excluding hydrogens is 302 g/mol. The van der Waals surface area contributed by atoms with Crippen LogP contribution in [0.2, 0.25) is 0 Å². The number of hydrogen-bond donors (Lipinski definition) is 2. The molecule has 0 saturated heterocycles. The molecule has 6 heteroatoms. The molecule has 120 valence electrons. The van der Waals surface area contributed by atoms with Gasteiger partial charge in [0.05, 0.1) is 11.2 Å². The summed E-state index contributed by atoms with van der Waals surface area (Å²) in [6.45, 7) is 3.88. The molecule has 1 amide bonds. The van der Waals surface area contributed by atoms with Crippen molar-refractivity contribution < 1.29 is 4.79 Å². The van der Waals surface area contributed by atoms with Gasteiger partial charge in [-0.1, -0.05) is 30.3 Å². The molecule has 0 radical (unpaired) electrons. The first-order valence-electron chi connectivity index (χ1n) is 7.48. The lowest BCUT2D eigenvalue weighted by molar-refractivity contribution is 0.0976. The third kappa shape index (κ3) is 3.38. The Kier molecular flexibility index (Phi) is 4.20. The molecule has 0 aliphatic rings. The van der Waals surface area contributed by atoms with E-state index in [0.29, 0.717) is 5.56 Å². The Hall–Kier alpha value is -3.28. The van der Waals surface area contributed by atoms with Crippen LogP contribution >= 0.6 is 0 Å². The molecule has 0 spiro atoms. The molecule has 6 nitrogen and oxygen atoms in total. The topological polar surface area (TPSA) is 93.3 Å². The molecule has 0 unspecified atom stereocenters. The van der Waals surface area contributed by atoms with Gasteiger partial charge < -0.3 is 5.73 Å². The van der Waals surface area contributed by atoms with Gasteiger partial charge in [-0.2, -0.15) is 4.99 Å². The standard InChI is InChI=1S/C18H17N5O/c1-11-8-9-14-12(2)20-18(21-15(14)10-11)23-17(19)22-16(24)13-6-4-3-5-7-13/h3-10H,1-2H3,(H3,19,20,21,22,23,24). The second-order valence-electron chi connectivity index (χ2n) is 5.45. The summed E-state index contributed by atoms with van der Waals surface area (Å²) in [5, 5.41) is 3.50. The summed E-state index contributed by atoms with van der Waals surface area (Å²) in [4.78, 5) is 24.9. The number of nitrogens with two attached hydrogens (primary N) is 1. The average Bonchev–Trinajstić information content (AvgIpc) is 2.55. The minimum absolute atomic E-state index is 0.0461. The van der Waals surface area contributed by atoms with Gasteiger partial charge in [0.2, 0.25) is 5.96 Å². The van der Waals surface area contributed by atoms with Crippen LogP contribution in [0.3, 0.4) is 0 Å². The number of nitrogens with one attached hydrogen (secondary N) is 1. The van der Waals surface area contributed by atoms with E-state index in [4.69, 9.17) is 5.73 Å². The fourth-order valence-corrected chi connectivity index (χ4v) is 2.35. The number of amides is 1. The summed E-state index contributed by atoms with van der Waals surface area (Å²) < 4.78 is 0. The van der Waals surface area contributed by atoms with Crippen LogP contribution in [0.15, 0.2) is 53.5 Å². The van der Waals surface area contributed by atoms with Crippen molar-refractivity contribution in [2.75, 3.05) is 0 Å². The van der Waals surface area contributed by atoms with E-state index >= 15 is 0 Å². The molecule has 3 aromatic rings. The molecule has 0 aliphatic heterocycles. The first-order valence-corrected chi connectivity index (χ1v) is 7.48. The lowest BCUT2D eigenvalue weighted by atomic mass is 10.1. The maximum atomic E-state index is 12.1. The van der Waals surface area contributed by atoms with Crippen LogP contribution in [0.1, 0.15) is 21.6 Å². The number of nitrogens with zero attached hydrogens (tertiary/aromatic N) is 3. The normalized spacial score (nSPS) is 11.5. The maximum Gasteiger partial charge on any atom is 0.257 e. The van der Waals surface area contributed by atoms with Crippen LogP contribution in [-0.4, -0.2) is 21.8 Å². The zero-order valence-corrected chi connectivity index (χ0v) is 13.4. The number of aryl methyl sites for hydroxylation is 2. The number of aliphatic imine (C=N–C) groups is 1. The molecule has 1 heterocycles. The van der Waals surface area contributed by atoms with Crippen LogP contribution in [0, 0.1) is 13.8 Å². The van der Waals surface area contributed by atoms with Crippen LogP contribution in [0.25, 0.3) is 10.9 Å². The third-order valence-corrected chi connectivity index (χ3v) is 3.53. The fourth-order valence-electron chi connectivity index (χ4n) is 2.35. The molecule has 0 aliphatic carbocycles. The Morgan fingerprint density at radius 2 is 1.83 bits per heavy atom. The maximum absolute atomic E-state index is 12.1. The van der Waals surface area contributed by atoms with E-state index in [-0.39, 0.29) is 17.8 Å². The Morgan fingerprint density at radius 1 is 1.08 bits per heavy atom. The summed E-state index contributed by atoms with van der Waals surface area (Å²) in [7, 11) is 0. The first kappa shape index (κ1) is 15.6. The Bertz CT molecular complexity index is 935. The van der Waals surface area contributed by atoms with E-state index in [2.05, 4.69) is 20.3 Å². The number of benzene rings is 2. The Balaban J connectivity index is 1.87. The lowest BCUT2D eigenvalue weighted by Gasteiger charge is -2.06. The molecule has 3 N–H and O–H groups in total. The molecule has 2 aromatic carbocycles. The SMILES string of the molecule is Cc1ccc2c(C)nc(/N=C(\N)NC(=O)c3ccccc3)nc2c1. The summed E-state index contributed by atoms with van der Waals surface area (Å²) in [5.41, 5.74) is 9.01. The highest BCUT2D eigenvalue weighted by Gasteiger charge is 2.08. The Morgan fingerprint density at radius 3 is 2.58 bits per heavy atom. The van der Waals surface area contributed by atoms with E-state index in [1.165, 1.54) is 0 Å². The van der Waals surface area contributed by atoms with Gasteiger partial charge in [-0.15, -0.1) is 0 Å². The molecule has 0 bridgehead atoms. The number of carbonyl (C=O) groups is 1. The van der Waals surface area contributed by atoms with Gasteiger partial charge in [-0.3, -0.25) is 10.1 Å². The van der Waals surface area contributed by atoms with E-state index in [1.807, 2.05) is 38.1 Å². The second kappa shape index (κ2) is 6.45. The molecule has 0 saturated carbocycles. The Labute approximate surface area is 139 Å². The van der Waals surface area contributed by atoms with Crippen molar-refractivity contribution in [1.29, 1.82) is 0 Å². The van der Waals surface area contributed by atoms with Gasteiger partial charge in [0.1, 0.15) is 0 Å². The third-order valence-electron chi connectivity index (χ3n) is 3.53. The first-order chi connectivity index (χ1) is 11.5. The largest absolute Gasteiger partial charge is 0.369 e. The van der Waals surface area contributed by atoms with Crippen LogP contribution in [-0.2, 0) is 0 Å². The summed E-state index contributed by atoms with van der Waals surface area (Å²) >= 11 is 0. The van der Waals surface area contributed by atoms with Crippen LogP contribution < -0.4 is 11.1 Å². The lowest BCUT2D eigenvalue weighted by Crippen LogP contribution is -2.36. The molecule has 0 atom stereocenters. The van der Waals surface area contributed by atoms with Crippen molar-refractivity contribution in [2.24, 2.45) is 10.7 Å². The monoisotopic (exact) mass is 319 g/mol. The fraction of sp³-hybridized carbons (Fsp3) is 0.111. The van der Waals surface area contributed by atoms with Crippen molar-refractivity contribution >= 4 is 28.7 Å². The van der Waals surface area contributed by atoms with E-state index < -0.39 is 0 Å². The number of guanidine groups is 1. The van der Waals surface area contributed by atoms with Gasteiger partial charge >= 0.3 is 0 Å². The van der Waals surface area contributed by atoms with Crippen molar-refractivity contribution in [2.45, 2.75) is 13.8 Å². The average molecular weight is 319 g/mol. The van der Waals surface area contributed by atoms with Gasteiger partial charge in [0.15, 0.2) is 0 Å². The minimum atomic E-state index is -0.329. The molecule has 0 fully saturated rings. The molecule has 3 rings (SSSR count). The second-order valence-corrected chi connectivity index (χ2v) is 5.45. The highest BCUT2D eigenvalue weighted by atomic mass is 16.1. The predicted molar refractivity (Wildman–Crippen MR) is 94.2 cm³/mol. The number of rotatable bonds is 2. The predicted octanol–water partition coefficient (Wildman–Crippen LogP) is 2.62. The van der Waals surface area contributed by atoms with Crippen molar-refractivity contribution in [3.8, 4) is 0 Å². The number of fused-ring (bicyclic) bond motifs is 1. The summed E-state index contributed by atoms with van der Waals surface area (Å²) in [6, 6.07) is 14.7. The van der Waals surface area contributed by atoms with Crippen LogP contribution in [0.5, 0.6) is 0 Å². The van der Waals surface area contributed by atoms with Gasteiger partial charge in [-0.05, 0) is 37.6 Å². The quantitative estimate of drug-likeness (QED) is 0.561. The molecular formula is C18H17N5O. The van der Waals surface area contributed by atoms with Crippen LogP contribution in [0.4, 0.5) is 5.95 Å². The van der Waals surface area contributed by atoms with E-state index in [9.17, 15) is 4.79 Å². The number of aromatic nitrogens is 2. The molecule has 1 aromatic heterocycles. The zero-order chi connectivity index (χ0) is 17.1. The van der Waals surface area contributed by atoms with Crippen molar-refractivity contribution in [3.63, 3.8) is 0 Å². The summed E-state index contributed by atoms with van der Waals surface area (Å²) in [6.07, 6.45) is 0. The van der Waals surface area contributed by atoms with E-state index in [1.54, 1.807) is 24.3 Å². The van der Waals surface area contributed by atoms with E-state index in [0.717, 1.165) is 22.2 Å². The highest BCUT2D eigenvalue weighted by molar-refractivity contribution is 6.05. The highest BCUT2D eigenvalue weighted by Crippen LogP contribution is 2.19. The number of hydrogen-bond acceptors (Lipinski definition) is 4. The zero-order valence-electron chi connectivity index (χ0n) is 13.4. The van der Waals surface area contributed by atoms with Crippen molar-refractivity contribution in [3.05, 3.63) is 65.4 Å². The van der Waals surface area contributed by atoms with Gasteiger partial charge in [0.25, 0.3) is 11.9 Å².